The molecule has 1 atom stereocenters. The molecule has 8 heteroatoms. The van der Waals surface area contributed by atoms with Gasteiger partial charge in [-0.15, -0.1) is 6.58 Å². The molecule has 2 aromatic rings. The van der Waals surface area contributed by atoms with Gasteiger partial charge >= 0.3 is 0 Å². The molecule has 1 aromatic carbocycles. The summed E-state index contributed by atoms with van der Waals surface area (Å²) < 4.78 is 12.4. The summed E-state index contributed by atoms with van der Waals surface area (Å²) >= 11 is 1.39. The van der Waals surface area contributed by atoms with Gasteiger partial charge in [-0.1, -0.05) is 23.9 Å². The first-order valence-corrected chi connectivity index (χ1v) is 9.35. The molecule has 1 amide bonds. The van der Waals surface area contributed by atoms with Crippen molar-refractivity contribution >= 4 is 23.5 Å². The van der Waals surface area contributed by atoms with E-state index in [1.54, 1.807) is 44.0 Å². The van der Waals surface area contributed by atoms with Crippen molar-refractivity contribution < 1.29 is 14.3 Å². The lowest BCUT2D eigenvalue weighted by atomic mass is 9.86. The second kappa shape index (κ2) is 7.87. The summed E-state index contributed by atoms with van der Waals surface area (Å²) in [6.45, 7) is 3.68. The van der Waals surface area contributed by atoms with Crippen LogP contribution in [0.25, 0.3) is 0 Å². The Hall–Kier alpha value is -2.74. The van der Waals surface area contributed by atoms with Gasteiger partial charge in [-0.05, 0) is 17.7 Å². The number of anilines is 1. The molecule has 0 fully saturated rings. The highest BCUT2D eigenvalue weighted by molar-refractivity contribution is 7.99. The van der Waals surface area contributed by atoms with E-state index in [1.807, 2.05) is 6.07 Å². The first-order chi connectivity index (χ1) is 13.0. The van der Waals surface area contributed by atoms with E-state index in [2.05, 4.69) is 16.9 Å². The maximum absolute atomic E-state index is 12.8. The Balaban J connectivity index is 2.14. The number of methoxy groups -OCH3 is 2. The van der Waals surface area contributed by atoms with Gasteiger partial charge in [0.05, 0.1) is 19.8 Å². The van der Waals surface area contributed by atoms with Crippen LogP contribution in [-0.2, 0) is 11.8 Å². The summed E-state index contributed by atoms with van der Waals surface area (Å²) in [7, 11) is 4.89. The highest BCUT2D eigenvalue weighted by atomic mass is 32.2. The van der Waals surface area contributed by atoms with Crippen LogP contribution in [0.5, 0.6) is 11.5 Å². The van der Waals surface area contributed by atoms with Crippen LogP contribution in [0, 0.1) is 0 Å². The number of hydrogen-bond acceptors (Lipinski definition) is 6. The fraction of sp³-hybridized carbons (Fsp3) is 0.316. The standard InChI is InChI=1S/C19H21N3O4S/c1-5-8-27-19-21-18(24)16-12(10-15(23)20-17(16)22(19)2)11-6-7-13(25-3)14(9-11)26-4/h5-7,9,12H,1,8,10H2,2-4H3,(H,20,23). The second-order valence-electron chi connectivity index (χ2n) is 6.04. The molecule has 142 valence electrons. The Morgan fingerprint density at radius 3 is 2.74 bits per heavy atom. The molecule has 1 aliphatic rings. The fourth-order valence-electron chi connectivity index (χ4n) is 3.15. The minimum absolute atomic E-state index is 0.150. The number of rotatable bonds is 6. The summed E-state index contributed by atoms with van der Waals surface area (Å²) in [6, 6.07) is 5.41. The molecule has 3 rings (SSSR count). The lowest BCUT2D eigenvalue weighted by Crippen LogP contribution is -2.33. The van der Waals surface area contributed by atoms with E-state index in [4.69, 9.17) is 9.47 Å². The monoisotopic (exact) mass is 387 g/mol. The smallest absolute Gasteiger partial charge is 0.279 e. The third kappa shape index (κ3) is 3.57. The Labute approximate surface area is 161 Å². The lowest BCUT2D eigenvalue weighted by Gasteiger charge is -2.27. The average molecular weight is 387 g/mol. The summed E-state index contributed by atoms with van der Waals surface area (Å²) in [5.41, 5.74) is 0.941. The predicted molar refractivity (Wildman–Crippen MR) is 105 cm³/mol. The number of carbonyl (C=O) groups is 1. The van der Waals surface area contributed by atoms with E-state index < -0.39 is 5.92 Å². The van der Waals surface area contributed by atoms with E-state index in [1.165, 1.54) is 11.8 Å². The van der Waals surface area contributed by atoms with Crippen LogP contribution in [-0.4, -0.2) is 35.4 Å². The third-order valence-corrected chi connectivity index (χ3v) is 5.47. The molecule has 0 radical (unpaired) electrons. The number of carbonyl (C=O) groups excluding carboxylic acids is 1. The minimum Gasteiger partial charge on any atom is -0.493 e. The van der Waals surface area contributed by atoms with E-state index in [0.717, 1.165) is 5.56 Å². The molecule has 1 aromatic heterocycles. The molecular weight excluding hydrogens is 366 g/mol. The number of thioether (sulfide) groups is 1. The maximum atomic E-state index is 12.8. The van der Waals surface area contributed by atoms with E-state index in [9.17, 15) is 9.59 Å². The topological polar surface area (TPSA) is 82.5 Å². The van der Waals surface area contributed by atoms with E-state index >= 15 is 0 Å². The second-order valence-corrected chi connectivity index (χ2v) is 7.03. The number of ether oxygens (including phenoxy) is 2. The van der Waals surface area contributed by atoms with E-state index in [-0.39, 0.29) is 17.9 Å². The zero-order valence-corrected chi connectivity index (χ0v) is 16.3. The molecule has 0 saturated heterocycles. The molecule has 27 heavy (non-hydrogen) atoms. The molecule has 2 heterocycles. The van der Waals surface area contributed by atoms with Crippen LogP contribution in [0.4, 0.5) is 5.82 Å². The average Bonchev–Trinajstić information content (AvgIpc) is 2.68. The van der Waals surface area contributed by atoms with Gasteiger partial charge in [0.25, 0.3) is 5.56 Å². The van der Waals surface area contributed by atoms with Gasteiger partial charge in [-0.2, -0.15) is 4.98 Å². The SMILES string of the molecule is C=CCSc1nc(=O)c2c(n1C)NC(=O)CC2c1ccc(OC)c(OC)c1. The highest BCUT2D eigenvalue weighted by Crippen LogP contribution is 2.39. The summed E-state index contributed by atoms with van der Waals surface area (Å²) in [5.74, 6) is 1.68. The van der Waals surface area contributed by atoms with Crippen LogP contribution in [0.15, 0.2) is 40.8 Å². The van der Waals surface area contributed by atoms with Crippen molar-refractivity contribution in [3.05, 3.63) is 52.3 Å². The molecule has 0 spiro atoms. The predicted octanol–water partition coefficient (Wildman–Crippen LogP) is 2.55. The van der Waals surface area contributed by atoms with Crippen LogP contribution in [0.2, 0.25) is 0 Å². The van der Waals surface area contributed by atoms with Crippen molar-refractivity contribution in [3.63, 3.8) is 0 Å². The zero-order chi connectivity index (χ0) is 19.6. The van der Waals surface area contributed by atoms with Crippen molar-refractivity contribution in [3.8, 4) is 11.5 Å². The molecule has 1 aliphatic heterocycles. The largest absolute Gasteiger partial charge is 0.493 e. The zero-order valence-electron chi connectivity index (χ0n) is 15.4. The first kappa shape index (κ1) is 19.0. The van der Waals surface area contributed by atoms with Crippen LogP contribution >= 0.6 is 11.8 Å². The maximum Gasteiger partial charge on any atom is 0.279 e. The van der Waals surface area contributed by atoms with Gasteiger partial charge < -0.3 is 19.4 Å². The van der Waals surface area contributed by atoms with Crippen LogP contribution in [0.3, 0.4) is 0 Å². The van der Waals surface area contributed by atoms with Crippen molar-refractivity contribution in [1.29, 1.82) is 0 Å². The summed E-state index contributed by atoms with van der Waals surface area (Å²) in [4.78, 5) is 29.4. The highest BCUT2D eigenvalue weighted by Gasteiger charge is 2.32. The van der Waals surface area contributed by atoms with Gasteiger partial charge in [0, 0.05) is 25.1 Å². The van der Waals surface area contributed by atoms with Crippen LogP contribution < -0.4 is 20.3 Å². The molecule has 7 nitrogen and oxygen atoms in total. The van der Waals surface area contributed by atoms with Gasteiger partial charge in [0.2, 0.25) is 5.91 Å². The number of fused-ring (bicyclic) bond motifs is 1. The molecule has 0 saturated carbocycles. The Morgan fingerprint density at radius 1 is 1.33 bits per heavy atom. The Bertz CT molecular complexity index is 955. The van der Waals surface area contributed by atoms with Crippen molar-refractivity contribution in [2.45, 2.75) is 17.5 Å². The first-order valence-electron chi connectivity index (χ1n) is 8.36. The molecule has 1 unspecified atom stereocenters. The molecular formula is C19H21N3O4S. The number of nitrogens with zero attached hydrogens (tertiary/aromatic N) is 2. The fourth-order valence-corrected chi connectivity index (χ4v) is 3.85. The number of nitrogens with one attached hydrogen (secondary N) is 1. The third-order valence-electron chi connectivity index (χ3n) is 4.44. The van der Waals surface area contributed by atoms with Gasteiger partial charge in [-0.3, -0.25) is 9.59 Å². The number of benzene rings is 1. The number of hydrogen-bond donors (Lipinski definition) is 1. The molecule has 1 N–H and O–H groups in total. The quantitative estimate of drug-likeness (QED) is 0.466. The summed E-state index contributed by atoms with van der Waals surface area (Å²) in [6.07, 6.45) is 1.90. The number of amides is 1. The van der Waals surface area contributed by atoms with Crippen molar-refractivity contribution in [1.82, 2.24) is 9.55 Å². The summed E-state index contributed by atoms with van der Waals surface area (Å²) in [5, 5.41) is 3.36. The van der Waals surface area contributed by atoms with Crippen molar-refractivity contribution in [2.75, 3.05) is 25.3 Å². The normalized spacial score (nSPS) is 15.7. The number of aromatic nitrogens is 2. The lowest BCUT2D eigenvalue weighted by molar-refractivity contribution is -0.116. The molecule has 0 aliphatic carbocycles. The Morgan fingerprint density at radius 2 is 2.07 bits per heavy atom. The van der Waals surface area contributed by atoms with Gasteiger partial charge in [0.1, 0.15) is 5.82 Å². The van der Waals surface area contributed by atoms with Crippen molar-refractivity contribution in [2.24, 2.45) is 7.05 Å². The molecule has 0 bridgehead atoms. The van der Waals surface area contributed by atoms with Gasteiger partial charge in [-0.25, -0.2) is 0 Å². The van der Waals surface area contributed by atoms with E-state index in [0.29, 0.717) is 33.8 Å². The minimum atomic E-state index is -0.404. The van der Waals surface area contributed by atoms with Crippen LogP contribution in [0.1, 0.15) is 23.5 Å². The Kier molecular flexibility index (Phi) is 5.55. The van der Waals surface area contributed by atoms with Gasteiger partial charge in [0.15, 0.2) is 16.7 Å².